The maximum Gasteiger partial charge on any atom is 0.490 e. The van der Waals surface area contributed by atoms with Gasteiger partial charge in [0.25, 0.3) is 0 Å². The Morgan fingerprint density at radius 3 is 2.34 bits per heavy atom. The number of rotatable bonds is 3. The number of esters is 1. The lowest BCUT2D eigenvalue weighted by Gasteiger charge is -2.62. The van der Waals surface area contributed by atoms with Gasteiger partial charge in [0, 0.05) is 40.7 Å². The molecule has 3 rings (SSSR count). The van der Waals surface area contributed by atoms with Gasteiger partial charge in [-0.15, -0.1) is 6.58 Å². The van der Waals surface area contributed by atoms with Gasteiger partial charge in [-0.25, -0.2) is 9.59 Å². The summed E-state index contributed by atoms with van der Waals surface area (Å²) in [4.78, 5) is 37.0. The Kier molecular flexibility index (Phi) is 6.29. The molecule has 0 radical (unpaired) electrons. The first-order valence-corrected chi connectivity index (χ1v) is 11.3. The molecule has 9 heteroatoms. The SMILES string of the molecule is C=C[C@]1(C)C[C@@H](OC(=O)Cl)[C@]2(C)C(C)CC[C@]3(CCC(=O)[C@H]32)[C@@H](C)[C@@H]1OC(=O)C(F)(F)F. The predicted octanol–water partition coefficient (Wildman–Crippen LogP) is 5.84. The van der Waals surface area contributed by atoms with Crippen LogP contribution in [0, 0.1) is 34.0 Å². The van der Waals surface area contributed by atoms with Crippen LogP contribution in [0.3, 0.4) is 0 Å². The molecule has 0 aromatic carbocycles. The summed E-state index contributed by atoms with van der Waals surface area (Å²) >= 11 is 5.61. The first kappa shape index (κ1) is 25.1. The lowest BCUT2D eigenvalue weighted by molar-refractivity contribution is -0.229. The minimum atomic E-state index is -5.16. The predicted molar refractivity (Wildman–Crippen MR) is 111 cm³/mol. The van der Waals surface area contributed by atoms with Gasteiger partial charge in [-0.2, -0.15) is 13.2 Å². The molecule has 3 fully saturated rings. The average molecular weight is 479 g/mol. The van der Waals surface area contributed by atoms with Crippen LogP contribution >= 0.6 is 11.6 Å². The molecule has 0 aromatic rings. The van der Waals surface area contributed by atoms with Crippen LogP contribution in [0.25, 0.3) is 0 Å². The van der Waals surface area contributed by atoms with Gasteiger partial charge < -0.3 is 9.47 Å². The summed E-state index contributed by atoms with van der Waals surface area (Å²) in [5.41, 5.74) is -3.65. The molecule has 0 aliphatic heterocycles. The van der Waals surface area contributed by atoms with Crippen molar-refractivity contribution in [1.29, 1.82) is 0 Å². The Labute approximate surface area is 191 Å². The summed E-state index contributed by atoms with van der Waals surface area (Å²) in [6.45, 7) is 11.2. The molecular formula is C23H30ClF3O5. The second-order valence-corrected chi connectivity index (χ2v) is 10.6. The summed E-state index contributed by atoms with van der Waals surface area (Å²) in [5, 5.41) is 0. The standard InChI is InChI=1S/C23H30ClF3O5/c1-6-20(4)11-15(31-19(24)30)21(5)12(2)7-9-22(10-8-14(28)16(21)22)13(3)17(20)32-18(29)23(25,26)27/h6,12-13,15-17H,1,7-11H2,2-5H3/t12?,13-,15+,16-,17-,20+,21-,22-/m0/s1. The number of carbonyl (C=O) groups excluding carboxylic acids is 3. The van der Waals surface area contributed by atoms with Crippen molar-refractivity contribution in [3.63, 3.8) is 0 Å². The highest BCUT2D eigenvalue weighted by Gasteiger charge is 2.69. The number of carbonyl (C=O) groups is 3. The number of Topliss-reactive ketones (excluding diaryl/α,β-unsaturated/α-hetero) is 1. The van der Waals surface area contributed by atoms with Crippen molar-refractivity contribution >= 4 is 28.8 Å². The molecular weight excluding hydrogens is 449 g/mol. The van der Waals surface area contributed by atoms with Gasteiger partial charge in [0.1, 0.15) is 18.0 Å². The van der Waals surface area contributed by atoms with Gasteiger partial charge in [-0.3, -0.25) is 4.79 Å². The first-order chi connectivity index (χ1) is 14.6. The van der Waals surface area contributed by atoms with E-state index < -0.39 is 57.9 Å². The third-order valence-electron chi connectivity index (χ3n) is 8.96. The zero-order valence-electron chi connectivity index (χ0n) is 18.8. The van der Waals surface area contributed by atoms with E-state index in [9.17, 15) is 27.6 Å². The first-order valence-electron chi connectivity index (χ1n) is 10.9. The molecule has 5 nitrogen and oxygen atoms in total. The van der Waals surface area contributed by atoms with Crippen LogP contribution in [0.15, 0.2) is 12.7 Å². The van der Waals surface area contributed by atoms with Crippen LogP contribution in [-0.2, 0) is 19.1 Å². The van der Waals surface area contributed by atoms with E-state index in [1.165, 1.54) is 6.08 Å². The van der Waals surface area contributed by atoms with E-state index >= 15 is 0 Å². The normalized spacial score (nSPS) is 44.1. The quantitative estimate of drug-likeness (QED) is 0.289. The fourth-order valence-corrected chi connectivity index (χ4v) is 7.12. The highest BCUT2D eigenvalue weighted by atomic mass is 35.5. The summed E-state index contributed by atoms with van der Waals surface area (Å²) in [5.74, 6) is -3.37. The van der Waals surface area contributed by atoms with Crippen LogP contribution in [0.5, 0.6) is 0 Å². The smallest absolute Gasteiger partial charge is 0.454 e. The molecule has 3 aliphatic carbocycles. The lowest BCUT2D eigenvalue weighted by Crippen LogP contribution is -2.63. The third-order valence-corrected chi connectivity index (χ3v) is 9.05. The highest BCUT2D eigenvalue weighted by molar-refractivity contribution is 6.61. The number of hydrogen-bond acceptors (Lipinski definition) is 5. The lowest BCUT2D eigenvalue weighted by atomic mass is 9.44. The molecule has 0 spiro atoms. The van der Waals surface area contributed by atoms with E-state index in [4.69, 9.17) is 21.1 Å². The van der Waals surface area contributed by atoms with E-state index in [-0.39, 0.29) is 24.5 Å². The minimum Gasteiger partial charge on any atom is -0.454 e. The molecule has 2 bridgehead atoms. The highest BCUT2D eigenvalue weighted by Crippen LogP contribution is 2.68. The van der Waals surface area contributed by atoms with Crippen LogP contribution in [0.2, 0.25) is 0 Å². The molecule has 32 heavy (non-hydrogen) atoms. The van der Waals surface area contributed by atoms with Crippen LogP contribution < -0.4 is 0 Å². The van der Waals surface area contributed by atoms with Gasteiger partial charge in [0.15, 0.2) is 0 Å². The van der Waals surface area contributed by atoms with E-state index in [0.717, 1.165) is 0 Å². The Balaban J connectivity index is 2.23. The monoisotopic (exact) mass is 478 g/mol. The Morgan fingerprint density at radius 2 is 1.81 bits per heavy atom. The number of ether oxygens (including phenoxy) is 2. The van der Waals surface area contributed by atoms with Gasteiger partial charge in [0.2, 0.25) is 0 Å². The molecule has 0 amide bonds. The zero-order chi connectivity index (χ0) is 24.3. The van der Waals surface area contributed by atoms with E-state index in [1.807, 2.05) is 13.8 Å². The molecule has 180 valence electrons. The zero-order valence-corrected chi connectivity index (χ0v) is 19.5. The fourth-order valence-electron chi connectivity index (χ4n) is 7.01. The van der Waals surface area contributed by atoms with Gasteiger partial charge in [0.05, 0.1) is 0 Å². The van der Waals surface area contributed by atoms with Crippen molar-refractivity contribution in [2.75, 3.05) is 0 Å². The Bertz CT molecular complexity index is 829. The summed E-state index contributed by atoms with van der Waals surface area (Å²) < 4.78 is 50.2. The summed E-state index contributed by atoms with van der Waals surface area (Å²) in [6.07, 6.45) is -3.68. The minimum absolute atomic E-state index is 0.000711. The molecule has 1 unspecified atom stereocenters. The van der Waals surface area contributed by atoms with E-state index in [1.54, 1.807) is 13.8 Å². The maximum absolute atomic E-state index is 13.2. The topological polar surface area (TPSA) is 69.7 Å². The van der Waals surface area contributed by atoms with Crippen molar-refractivity contribution in [2.24, 2.45) is 34.0 Å². The molecule has 0 aromatic heterocycles. The van der Waals surface area contributed by atoms with Gasteiger partial charge in [-0.1, -0.05) is 33.8 Å². The number of alkyl halides is 3. The van der Waals surface area contributed by atoms with Crippen LogP contribution in [0.1, 0.15) is 59.8 Å². The Hall–Kier alpha value is -1.57. The second-order valence-electron chi connectivity index (χ2n) is 10.3. The number of halogens is 4. The largest absolute Gasteiger partial charge is 0.490 e. The molecule has 3 saturated carbocycles. The molecule has 0 saturated heterocycles. The van der Waals surface area contributed by atoms with Crippen molar-refractivity contribution < 1.29 is 37.0 Å². The fraction of sp³-hybridized carbons (Fsp3) is 0.783. The molecule has 0 N–H and O–H groups in total. The molecule has 8 atom stereocenters. The van der Waals surface area contributed by atoms with Crippen molar-refractivity contribution in [1.82, 2.24) is 0 Å². The second kappa shape index (κ2) is 8.03. The van der Waals surface area contributed by atoms with Crippen molar-refractivity contribution in [3.8, 4) is 0 Å². The number of ketones is 1. The third kappa shape index (κ3) is 3.66. The van der Waals surface area contributed by atoms with Gasteiger partial charge in [-0.05, 0) is 37.0 Å². The maximum atomic E-state index is 13.2. The van der Waals surface area contributed by atoms with Crippen molar-refractivity contribution in [3.05, 3.63) is 12.7 Å². The van der Waals surface area contributed by atoms with Crippen molar-refractivity contribution in [2.45, 2.75) is 78.2 Å². The van der Waals surface area contributed by atoms with Gasteiger partial charge >= 0.3 is 17.6 Å². The Morgan fingerprint density at radius 1 is 1.19 bits per heavy atom. The number of hydrogen-bond donors (Lipinski definition) is 0. The van der Waals surface area contributed by atoms with Crippen LogP contribution in [0.4, 0.5) is 18.0 Å². The van der Waals surface area contributed by atoms with E-state index in [0.29, 0.717) is 19.3 Å². The summed E-state index contributed by atoms with van der Waals surface area (Å²) in [6, 6.07) is 0. The average Bonchev–Trinajstić information content (AvgIpc) is 3.04. The van der Waals surface area contributed by atoms with E-state index in [2.05, 4.69) is 6.58 Å². The van der Waals surface area contributed by atoms with Crippen LogP contribution in [-0.4, -0.2) is 35.6 Å². The molecule has 3 aliphatic rings. The summed E-state index contributed by atoms with van der Waals surface area (Å²) in [7, 11) is 0. The molecule has 0 heterocycles.